The third kappa shape index (κ3) is 4.87. The van der Waals surface area contributed by atoms with Crippen LogP contribution in [0.4, 0.5) is 20.2 Å². The first-order valence-corrected chi connectivity index (χ1v) is 7.62. The van der Waals surface area contributed by atoms with Gasteiger partial charge in [-0.05, 0) is 55.0 Å². The Kier molecular flexibility index (Phi) is 6.01. The van der Waals surface area contributed by atoms with Crippen molar-refractivity contribution in [3.8, 4) is 0 Å². The van der Waals surface area contributed by atoms with Crippen LogP contribution in [0.15, 0.2) is 48.5 Å². The number of amides is 2. The minimum absolute atomic E-state index is 0.361. The highest BCUT2D eigenvalue weighted by Gasteiger charge is 2.26. The maximum Gasteiger partial charge on any atom is 0.236 e. The van der Waals surface area contributed by atoms with Gasteiger partial charge in [0.25, 0.3) is 0 Å². The molecule has 0 saturated heterocycles. The van der Waals surface area contributed by atoms with E-state index in [2.05, 4.69) is 10.6 Å². The average molecular weight is 332 g/mol. The first kappa shape index (κ1) is 17.6. The van der Waals surface area contributed by atoms with Crippen LogP contribution in [-0.4, -0.2) is 11.8 Å². The molecule has 4 nitrogen and oxygen atoms in total. The van der Waals surface area contributed by atoms with Crippen molar-refractivity contribution in [2.45, 2.75) is 19.8 Å². The lowest BCUT2D eigenvalue weighted by atomic mass is 10.0. The van der Waals surface area contributed by atoms with Gasteiger partial charge in [-0.25, -0.2) is 8.78 Å². The highest BCUT2D eigenvalue weighted by molar-refractivity contribution is 6.10. The van der Waals surface area contributed by atoms with Crippen LogP contribution in [0, 0.1) is 17.6 Å². The predicted molar refractivity (Wildman–Crippen MR) is 88.5 cm³/mol. The summed E-state index contributed by atoms with van der Waals surface area (Å²) in [7, 11) is 0. The van der Waals surface area contributed by atoms with E-state index >= 15 is 0 Å². The van der Waals surface area contributed by atoms with Gasteiger partial charge in [0.1, 0.15) is 17.6 Å². The van der Waals surface area contributed by atoms with Gasteiger partial charge in [-0.15, -0.1) is 0 Å². The van der Waals surface area contributed by atoms with Crippen LogP contribution in [0.25, 0.3) is 0 Å². The first-order chi connectivity index (χ1) is 11.5. The fraction of sp³-hybridized carbons (Fsp3) is 0.222. The molecular weight excluding hydrogens is 314 g/mol. The molecule has 2 N–H and O–H groups in total. The molecule has 0 heterocycles. The molecule has 6 heteroatoms. The number of carbonyl (C=O) groups is 2. The van der Waals surface area contributed by atoms with E-state index in [4.69, 9.17) is 0 Å². The molecule has 2 aromatic rings. The van der Waals surface area contributed by atoms with E-state index in [1.54, 1.807) is 0 Å². The smallest absolute Gasteiger partial charge is 0.236 e. The Balaban J connectivity index is 2.06. The van der Waals surface area contributed by atoms with Gasteiger partial charge in [0, 0.05) is 11.4 Å². The molecule has 0 fully saturated rings. The second-order valence-electron chi connectivity index (χ2n) is 5.33. The molecule has 2 aromatic carbocycles. The molecule has 0 radical (unpaired) electrons. The van der Waals surface area contributed by atoms with Crippen molar-refractivity contribution >= 4 is 23.2 Å². The molecule has 0 aliphatic carbocycles. The minimum Gasteiger partial charge on any atom is -0.325 e. The Bertz CT molecular complexity index is 640. The number of benzene rings is 2. The van der Waals surface area contributed by atoms with Crippen LogP contribution in [0.3, 0.4) is 0 Å². The summed E-state index contributed by atoms with van der Waals surface area (Å²) in [6, 6.07) is 10.6. The van der Waals surface area contributed by atoms with Crippen LogP contribution in [-0.2, 0) is 9.59 Å². The van der Waals surface area contributed by atoms with E-state index in [-0.39, 0.29) is 0 Å². The second kappa shape index (κ2) is 8.19. The monoisotopic (exact) mass is 332 g/mol. The van der Waals surface area contributed by atoms with Crippen LogP contribution in [0.5, 0.6) is 0 Å². The molecule has 0 atom stereocenters. The van der Waals surface area contributed by atoms with Crippen molar-refractivity contribution in [3.05, 3.63) is 60.2 Å². The summed E-state index contributed by atoms with van der Waals surface area (Å²) < 4.78 is 25.8. The van der Waals surface area contributed by atoms with Gasteiger partial charge in [0.15, 0.2) is 0 Å². The zero-order valence-corrected chi connectivity index (χ0v) is 13.2. The van der Waals surface area contributed by atoms with Gasteiger partial charge in [0.2, 0.25) is 11.8 Å². The highest BCUT2D eigenvalue weighted by atomic mass is 19.1. The quantitative estimate of drug-likeness (QED) is 0.787. The Hall–Kier alpha value is -2.76. The molecule has 0 unspecified atom stereocenters. The number of anilines is 2. The lowest BCUT2D eigenvalue weighted by Gasteiger charge is -2.16. The molecule has 0 aliphatic rings. The number of nitrogens with one attached hydrogen (secondary N) is 2. The zero-order valence-electron chi connectivity index (χ0n) is 13.2. The number of halogens is 2. The Morgan fingerprint density at radius 2 is 1.21 bits per heavy atom. The summed E-state index contributed by atoms with van der Waals surface area (Å²) in [5, 5.41) is 5.21. The highest BCUT2D eigenvalue weighted by Crippen LogP contribution is 2.16. The van der Waals surface area contributed by atoms with Crippen LogP contribution < -0.4 is 10.6 Å². The maximum atomic E-state index is 12.9. The van der Waals surface area contributed by atoms with Crippen molar-refractivity contribution in [3.63, 3.8) is 0 Å². The third-order valence-electron chi connectivity index (χ3n) is 3.43. The van der Waals surface area contributed by atoms with E-state index in [1.165, 1.54) is 48.5 Å². The van der Waals surface area contributed by atoms with Gasteiger partial charge in [-0.2, -0.15) is 0 Å². The second-order valence-corrected chi connectivity index (χ2v) is 5.33. The molecule has 0 aliphatic heterocycles. The van der Waals surface area contributed by atoms with Gasteiger partial charge in [-0.3, -0.25) is 9.59 Å². The molecule has 24 heavy (non-hydrogen) atoms. The Morgan fingerprint density at radius 3 is 1.54 bits per heavy atom. The molecule has 0 aromatic heterocycles. The summed E-state index contributed by atoms with van der Waals surface area (Å²) >= 11 is 0. The zero-order chi connectivity index (χ0) is 17.5. The van der Waals surface area contributed by atoms with E-state index in [0.717, 1.165) is 0 Å². The molecule has 0 saturated carbocycles. The van der Waals surface area contributed by atoms with E-state index < -0.39 is 29.4 Å². The standard InChI is InChI=1S/C18H18F2N2O2/c1-2-3-16(17(23)21-14-8-4-12(19)5-9-14)18(24)22-15-10-6-13(20)7-11-15/h4-11,16H,2-3H2,1H3,(H,21,23)(H,22,24). The SMILES string of the molecule is CCCC(C(=O)Nc1ccc(F)cc1)C(=O)Nc1ccc(F)cc1. The molecule has 2 amide bonds. The van der Waals surface area contributed by atoms with Crippen LogP contribution >= 0.6 is 0 Å². The van der Waals surface area contributed by atoms with Crippen molar-refractivity contribution in [2.75, 3.05) is 10.6 Å². The Labute approximate surface area is 138 Å². The van der Waals surface area contributed by atoms with Crippen LogP contribution in [0.2, 0.25) is 0 Å². The third-order valence-corrected chi connectivity index (χ3v) is 3.43. The number of rotatable bonds is 6. The normalized spacial score (nSPS) is 10.5. The largest absolute Gasteiger partial charge is 0.325 e. The van der Waals surface area contributed by atoms with E-state index in [0.29, 0.717) is 24.2 Å². The number of hydrogen-bond acceptors (Lipinski definition) is 2. The lowest BCUT2D eigenvalue weighted by Crippen LogP contribution is -2.33. The number of hydrogen-bond donors (Lipinski definition) is 2. The summed E-state index contributed by atoms with van der Waals surface area (Å²) in [5.74, 6) is -2.66. The average Bonchev–Trinajstić information content (AvgIpc) is 2.56. The van der Waals surface area contributed by atoms with Crippen molar-refractivity contribution in [1.82, 2.24) is 0 Å². The van der Waals surface area contributed by atoms with Gasteiger partial charge in [0.05, 0.1) is 0 Å². The van der Waals surface area contributed by atoms with Crippen molar-refractivity contribution in [2.24, 2.45) is 5.92 Å². The topological polar surface area (TPSA) is 58.2 Å². The molecule has 0 spiro atoms. The lowest BCUT2D eigenvalue weighted by molar-refractivity contribution is -0.129. The van der Waals surface area contributed by atoms with Gasteiger partial charge >= 0.3 is 0 Å². The first-order valence-electron chi connectivity index (χ1n) is 7.62. The predicted octanol–water partition coefficient (Wildman–Crippen LogP) is 3.96. The summed E-state index contributed by atoms with van der Waals surface area (Å²) in [6.07, 6.45) is 0.998. The summed E-state index contributed by atoms with van der Waals surface area (Å²) in [4.78, 5) is 24.7. The number of carbonyl (C=O) groups excluding carboxylic acids is 2. The maximum absolute atomic E-state index is 12.9. The summed E-state index contributed by atoms with van der Waals surface area (Å²) in [6.45, 7) is 1.86. The van der Waals surface area contributed by atoms with E-state index in [1.807, 2.05) is 6.92 Å². The Morgan fingerprint density at radius 1 is 0.833 bits per heavy atom. The molecule has 0 bridgehead atoms. The molecule has 126 valence electrons. The minimum atomic E-state index is -0.898. The fourth-order valence-corrected chi connectivity index (χ4v) is 2.20. The van der Waals surface area contributed by atoms with Gasteiger partial charge < -0.3 is 10.6 Å². The summed E-state index contributed by atoms with van der Waals surface area (Å²) in [5.41, 5.74) is 0.828. The van der Waals surface area contributed by atoms with Crippen molar-refractivity contribution < 1.29 is 18.4 Å². The van der Waals surface area contributed by atoms with E-state index in [9.17, 15) is 18.4 Å². The van der Waals surface area contributed by atoms with Gasteiger partial charge in [-0.1, -0.05) is 13.3 Å². The van der Waals surface area contributed by atoms with Crippen LogP contribution in [0.1, 0.15) is 19.8 Å². The van der Waals surface area contributed by atoms with Crippen molar-refractivity contribution in [1.29, 1.82) is 0 Å². The molecular formula is C18H18F2N2O2. The fourth-order valence-electron chi connectivity index (χ4n) is 2.20. The molecule has 2 rings (SSSR count).